The fourth-order valence-corrected chi connectivity index (χ4v) is 2.33. The van der Waals surface area contributed by atoms with E-state index in [1.165, 1.54) is 5.56 Å². The van der Waals surface area contributed by atoms with Gasteiger partial charge >= 0.3 is 0 Å². The lowest BCUT2D eigenvalue weighted by Gasteiger charge is -2.14. The van der Waals surface area contributed by atoms with Crippen LogP contribution in [0.4, 0.5) is 11.4 Å². The van der Waals surface area contributed by atoms with Crippen LogP contribution < -0.4 is 10.6 Å². The molecule has 3 heteroatoms. The quantitative estimate of drug-likeness (QED) is 0.872. The number of aryl methyl sites for hydroxylation is 3. The van der Waals surface area contributed by atoms with E-state index >= 15 is 0 Å². The van der Waals surface area contributed by atoms with Gasteiger partial charge in [-0.05, 0) is 43.0 Å². The normalized spacial score (nSPS) is 10.2. The molecule has 1 amide bonds. The summed E-state index contributed by atoms with van der Waals surface area (Å²) in [7, 11) is 0. The van der Waals surface area contributed by atoms with Crippen molar-refractivity contribution in [3.8, 4) is 0 Å². The number of rotatable bonds is 5. The number of carbonyl (C=O) groups excluding carboxylic acids is 1. The molecule has 0 aliphatic rings. The Balaban J connectivity index is 2.01. The highest BCUT2D eigenvalue weighted by Gasteiger charge is 2.08. The Morgan fingerprint density at radius 3 is 2.43 bits per heavy atom. The van der Waals surface area contributed by atoms with Gasteiger partial charge in [0.1, 0.15) is 0 Å². The van der Waals surface area contributed by atoms with Crippen LogP contribution in [0.3, 0.4) is 0 Å². The maximum Gasteiger partial charge on any atom is 0.243 e. The Morgan fingerprint density at radius 1 is 1.00 bits per heavy atom. The van der Waals surface area contributed by atoms with E-state index in [2.05, 4.69) is 23.6 Å². The van der Waals surface area contributed by atoms with Crippen molar-refractivity contribution in [2.45, 2.75) is 27.2 Å². The predicted molar refractivity (Wildman–Crippen MR) is 88.9 cm³/mol. The number of hydrogen-bond donors (Lipinski definition) is 2. The Morgan fingerprint density at radius 2 is 1.71 bits per heavy atom. The highest BCUT2D eigenvalue weighted by molar-refractivity contribution is 5.95. The summed E-state index contributed by atoms with van der Waals surface area (Å²) in [6.45, 7) is 6.40. The highest BCUT2D eigenvalue weighted by Crippen LogP contribution is 2.21. The lowest BCUT2D eigenvalue weighted by atomic mass is 10.1. The molecule has 0 bridgehead atoms. The van der Waals surface area contributed by atoms with Crippen molar-refractivity contribution in [3.63, 3.8) is 0 Å². The van der Waals surface area contributed by atoms with Crippen LogP contribution in [-0.2, 0) is 11.2 Å². The molecule has 2 rings (SSSR count). The van der Waals surface area contributed by atoms with Crippen LogP contribution in [0.2, 0.25) is 0 Å². The monoisotopic (exact) mass is 282 g/mol. The van der Waals surface area contributed by atoms with Crippen LogP contribution >= 0.6 is 0 Å². The van der Waals surface area contributed by atoms with Crippen molar-refractivity contribution >= 4 is 17.3 Å². The van der Waals surface area contributed by atoms with Crippen molar-refractivity contribution in [2.24, 2.45) is 0 Å². The van der Waals surface area contributed by atoms with Crippen molar-refractivity contribution < 1.29 is 4.79 Å². The summed E-state index contributed by atoms with van der Waals surface area (Å²) in [5, 5.41) is 6.20. The first-order chi connectivity index (χ1) is 10.1. The second-order valence-corrected chi connectivity index (χ2v) is 5.18. The molecule has 0 aliphatic carbocycles. The molecule has 0 spiro atoms. The zero-order valence-electron chi connectivity index (χ0n) is 12.9. The van der Waals surface area contributed by atoms with Crippen LogP contribution in [0.15, 0.2) is 42.5 Å². The third-order valence-corrected chi connectivity index (χ3v) is 3.59. The Kier molecular flexibility index (Phi) is 4.99. The molecule has 2 N–H and O–H groups in total. The van der Waals surface area contributed by atoms with Crippen molar-refractivity contribution in [3.05, 3.63) is 59.2 Å². The third kappa shape index (κ3) is 3.85. The van der Waals surface area contributed by atoms with Gasteiger partial charge in [0.2, 0.25) is 5.91 Å². The van der Waals surface area contributed by atoms with E-state index in [-0.39, 0.29) is 12.5 Å². The number of amides is 1. The summed E-state index contributed by atoms with van der Waals surface area (Å²) in [5.41, 5.74) is 5.33. The summed E-state index contributed by atoms with van der Waals surface area (Å²) in [6, 6.07) is 14.0. The molecule has 21 heavy (non-hydrogen) atoms. The summed E-state index contributed by atoms with van der Waals surface area (Å²) < 4.78 is 0. The van der Waals surface area contributed by atoms with Crippen LogP contribution in [0.5, 0.6) is 0 Å². The maximum atomic E-state index is 12.1. The van der Waals surface area contributed by atoms with Crippen LogP contribution in [0.1, 0.15) is 23.6 Å². The number of para-hydroxylation sites is 2. The van der Waals surface area contributed by atoms with E-state index in [4.69, 9.17) is 0 Å². The van der Waals surface area contributed by atoms with E-state index in [0.29, 0.717) is 0 Å². The molecule has 2 aromatic rings. The zero-order chi connectivity index (χ0) is 15.2. The Labute approximate surface area is 126 Å². The number of hydrogen-bond acceptors (Lipinski definition) is 2. The predicted octanol–water partition coefficient (Wildman–Crippen LogP) is 3.92. The molecule has 0 aliphatic heterocycles. The minimum atomic E-state index is -0.0257. The second-order valence-electron chi connectivity index (χ2n) is 5.18. The number of nitrogens with one attached hydrogen (secondary N) is 2. The first-order valence-electron chi connectivity index (χ1n) is 7.29. The van der Waals surface area contributed by atoms with Gasteiger partial charge in [-0.1, -0.05) is 43.3 Å². The van der Waals surface area contributed by atoms with Crippen LogP contribution in [0.25, 0.3) is 0 Å². The molecule has 0 radical (unpaired) electrons. The van der Waals surface area contributed by atoms with E-state index < -0.39 is 0 Å². The average molecular weight is 282 g/mol. The molecule has 0 saturated heterocycles. The van der Waals surface area contributed by atoms with E-state index in [1.807, 2.05) is 50.2 Å². The molecule has 0 atom stereocenters. The number of carbonyl (C=O) groups is 1. The lowest BCUT2D eigenvalue weighted by molar-refractivity contribution is -0.114. The van der Waals surface area contributed by atoms with Gasteiger partial charge in [-0.15, -0.1) is 0 Å². The fourth-order valence-electron chi connectivity index (χ4n) is 2.33. The smallest absolute Gasteiger partial charge is 0.243 e. The van der Waals surface area contributed by atoms with Gasteiger partial charge in [0, 0.05) is 11.4 Å². The summed E-state index contributed by atoms with van der Waals surface area (Å²) in [6.07, 6.45) is 0.905. The summed E-state index contributed by atoms with van der Waals surface area (Å²) in [5.74, 6) is -0.0257. The number of anilines is 2. The Bertz CT molecular complexity index is 635. The molecular weight excluding hydrogens is 260 g/mol. The molecule has 110 valence electrons. The van der Waals surface area contributed by atoms with E-state index in [1.54, 1.807) is 0 Å². The van der Waals surface area contributed by atoms with Gasteiger partial charge < -0.3 is 10.6 Å². The fraction of sp³-hybridized carbons (Fsp3) is 0.278. The second kappa shape index (κ2) is 6.93. The molecule has 3 nitrogen and oxygen atoms in total. The maximum absolute atomic E-state index is 12.1. The summed E-state index contributed by atoms with van der Waals surface area (Å²) in [4.78, 5) is 12.1. The van der Waals surface area contributed by atoms with Crippen molar-refractivity contribution in [2.75, 3.05) is 17.2 Å². The zero-order valence-corrected chi connectivity index (χ0v) is 12.9. The first-order valence-corrected chi connectivity index (χ1v) is 7.29. The Hall–Kier alpha value is -2.29. The standard InChI is InChI=1S/C18H22N2O/c1-4-15-10-7-9-14(3)18(15)20-17(21)12-19-16-11-6-5-8-13(16)2/h5-11,19H,4,12H2,1-3H3,(H,20,21). The lowest BCUT2D eigenvalue weighted by Crippen LogP contribution is -2.23. The molecular formula is C18H22N2O. The average Bonchev–Trinajstić information content (AvgIpc) is 2.48. The molecule has 0 heterocycles. The molecule has 2 aromatic carbocycles. The minimum Gasteiger partial charge on any atom is -0.376 e. The van der Waals surface area contributed by atoms with Crippen LogP contribution in [0, 0.1) is 13.8 Å². The van der Waals surface area contributed by atoms with Crippen molar-refractivity contribution in [1.29, 1.82) is 0 Å². The van der Waals surface area contributed by atoms with Gasteiger partial charge in [-0.25, -0.2) is 0 Å². The van der Waals surface area contributed by atoms with Crippen LogP contribution in [-0.4, -0.2) is 12.5 Å². The van der Waals surface area contributed by atoms with Gasteiger partial charge in [-0.2, -0.15) is 0 Å². The molecule has 0 saturated carbocycles. The number of benzene rings is 2. The molecule has 0 fully saturated rings. The minimum absolute atomic E-state index is 0.0257. The third-order valence-electron chi connectivity index (χ3n) is 3.59. The van der Waals surface area contributed by atoms with E-state index in [0.717, 1.165) is 28.9 Å². The van der Waals surface area contributed by atoms with Gasteiger partial charge in [0.15, 0.2) is 0 Å². The highest BCUT2D eigenvalue weighted by atomic mass is 16.1. The molecule has 0 aromatic heterocycles. The first kappa shape index (κ1) is 15.1. The topological polar surface area (TPSA) is 41.1 Å². The SMILES string of the molecule is CCc1cccc(C)c1NC(=O)CNc1ccccc1C. The van der Waals surface area contributed by atoms with Gasteiger partial charge in [0.05, 0.1) is 6.54 Å². The van der Waals surface area contributed by atoms with Crippen molar-refractivity contribution in [1.82, 2.24) is 0 Å². The van der Waals surface area contributed by atoms with Gasteiger partial charge in [-0.3, -0.25) is 4.79 Å². The largest absolute Gasteiger partial charge is 0.376 e. The summed E-state index contributed by atoms with van der Waals surface area (Å²) >= 11 is 0. The molecule has 0 unspecified atom stereocenters. The van der Waals surface area contributed by atoms with E-state index in [9.17, 15) is 4.79 Å². The van der Waals surface area contributed by atoms with Gasteiger partial charge in [0.25, 0.3) is 0 Å².